The van der Waals surface area contributed by atoms with Gasteiger partial charge in [0.2, 0.25) is 5.95 Å². The van der Waals surface area contributed by atoms with Crippen LogP contribution in [0.1, 0.15) is 18.4 Å². The molecule has 0 aliphatic heterocycles. The zero-order chi connectivity index (χ0) is 17.5. The van der Waals surface area contributed by atoms with Gasteiger partial charge in [0.25, 0.3) is 5.56 Å². The maximum Gasteiger partial charge on any atom is 0.255 e. The first-order chi connectivity index (χ1) is 12.2. The molecule has 3 rings (SSSR count). The molecule has 128 valence electrons. The molecule has 2 aromatic heterocycles. The maximum atomic E-state index is 12.2. The van der Waals surface area contributed by atoms with Crippen molar-refractivity contribution in [2.45, 2.75) is 19.3 Å². The van der Waals surface area contributed by atoms with Gasteiger partial charge in [-0.15, -0.1) is 0 Å². The predicted octanol–water partition coefficient (Wildman–Crippen LogP) is 3.28. The lowest BCUT2D eigenvalue weighted by molar-refractivity contribution is 0.745. The lowest BCUT2D eigenvalue weighted by atomic mass is 10.1. The molecule has 0 radical (unpaired) electrons. The Hall–Kier alpha value is -2.95. The molecule has 0 saturated heterocycles. The molecule has 0 amide bonds. The molecule has 5 heteroatoms. The lowest BCUT2D eigenvalue weighted by Gasteiger charge is -2.11. The average Bonchev–Trinajstić information content (AvgIpc) is 2.66. The molecule has 0 aliphatic carbocycles. The minimum absolute atomic E-state index is 0.0754. The highest BCUT2D eigenvalue weighted by Crippen LogP contribution is 2.15. The monoisotopic (exact) mass is 334 g/mol. The van der Waals surface area contributed by atoms with E-state index in [-0.39, 0.29) is 5.56 Å². The van der Waals surface area contributed by atoms with E-state index in [1.54, 1.807) is 30.1 Å². The van der Waals surface area contributed by atoms with Gasteiger partial charge in [0.1, 0.15) is 0 Å². The number of benzene rings is 1. The Bertz CT molecular complexity index is 860. The second kappa shape index (κ2) is 8.24. The van der Waals surface area contributed by atoms with Gasteiger partial charge in [-0.3, -0.25) is 14.3 Å². The van der Waals surface area contributed by atoms with Gasteiger partial charge >= 0.3 is 0 Å². The van der Waals surface area contributed by atoms with E-state index in [0.29, 0.717) is 11.6 Å². The van der Waals surface area contributed by atoms with Crippen LogP contribution in [-0.4, -0.2) is 21.1 Å². The smallest absolute Gasteiger partial charge is 0.255 e. The molecule has 2 heterocycles. The summed E-state index contributed by atoms with van der Waals surface area (Å²) in [5.74, 6) is 0.596. The van der Waals surface area contributed by atoms with Crippen molar-refractivity contribution in [3.63, 3.8) is 0 Å². The SMILES string of the molecule is Cn1c(NCCCCc2ccccc2)nc(-c2ccncc2)cc1=O. The molecular weight excluding hydrogens is 312 g/mol. The minimum Gasteiger partial charge on any atom is -0.356 e. The summed E-state index contributed by atoms with van der Waals surface area (Å²) < 4.78 is 1.54. The fourth-order valence-corrected chi connectivity index (χ4v) is 2.67. The van der Waals surface area contributed by atoms with E-state index < -0.39 is 0 Å². The molecule has 1 N–H and O–H groups in total. The summed E-state index contributed by atoms with van der Waals surface area (Å²) in [5, 5.41) is 3.29. The first-order valence-corrected chi connectivity index (χ1v) is 8.50. The summed E-state index contributed by atoms with van der Waals surface area (Å²) in [6.07, 6.45) is 6.57. The maximum absolute atomic E-state index is 12.2. The summed E-state index contributed by atoms with van der Waals surface area (Å²) in [6, 6.07) is 15.7. The highest BCUT2D eigenvalue weighted by Gasteiger charge is 2.07. The van der Waals surface area contributed by atoms with Crippen molar-refractivity contribution in [3.8, 4) is 11.3 Å². The molecule has 25 heavy (non-hydrogen) atoms. The molecule has 0 unspecified atom stereocenters. The molecule has 0 saturated carbocycles. The van der Waals surface area contributed by atoms with Gasteiger partial charge in [-0.05, 0) is 37.0 Å². The molecule has 0 spiro atoms. The summed E-state index contributed by atoms with van der Waals surface area (Å²) in [5.41, 5.74) is 2.83. The number of hydrogen-bond donors (Lipinski definition) is 1. The molecule has 3 aromatic rings. The highest BCUT2D eigenvalue weighted by atomic mass is 16.1. The fraction of sp³-hybridized carbons (Fsp3) is 0.250. The number of hydrogen-bond acceptors (Lipinski definition) is 4. The number of nitrogens with one attached hydrogen (secondary N) is 1. The Morgan fingerprint density at radius 2 is 1.80 bits per heavy atom. The Labute approximate surface area is 147 Å². The van der Waals surface area contributed by atoms with Gasteiger partial charge in [-0.25, -0.2) is 4.98 Å². The van der Waals surface area contributed by atoms with E-state index in [9.17, 15) is 4.79 Å². The first-order valence-electron chi connectivity index (χ1n) is 8.50. The van der Waals surface area contributed by atoms with Crippen LogP contribution in [0.5, 0.6) is 0 Å². The lowest BCUT2D eigenvalue weighted by Crippen LogP contribution is -2.22. The molecule has 0 fully saturated rings. The first kappa shape index (κ1) is 16.9. The molecular formula is C20H22N4O. The van der Waals surface area contributed by atoms with Crippen LogP contribution in [-0.2, 0) is 13.5 Å². The van der Waals surface area contributed by atoms with E-state index >= 15 is 0 Å². The van der Waals surface area contributed by atoms with Crippen LogP contribution in [0.3, 0.4) is 0 Å². The Morgan fingerprint density at radius 3 is 2.56 bits per heavy atom. The van der Waals surface area contributed by atoms with Crippen molar-refractivity contribution in [1.82, 2.24) is 14.5 Å². The van der Waals surface area contributed by atoms with Crippen molar-refractivity contribution >= 4 is 5.95 Å². The normalized spacial score (nSPS) is 10.6. The summed E-state index contributed by atoms with van der Waals surface area (Å²) in [7, 11) is 1.73. The van der Waals surface area contributed by atoms with Crippen molar-refractivity contribution in [2.24, 2.45) is 7.05 Å². The zero-order valence-corrected chi connectivity index (χ0v) is 14.4. The van der Waals surface area contributed by atoms with Gasteiger partial charge in [-0.2, -0.15) is 0 Å². The van der Waals surface area contributed by atoms with Crippen LogP contribution in [0.15, 0.2) is 65.7 Å². The molecule has 5 nitrogen and oxygen atoms in total. The van der Waals surface area contributed by atoms with Crippen molar-refractivity contribution in [1.29, 1.82) is 0 Å². The van der Waals surface area contributed by atoms with Gasteiger partial charge in [-0.1, -0.05) is 30.3 Å². The van der Waals surface area contributed by atoms with Crippen LogP contribution in [0.4, 0.5) is 5.95 Å². The van der Waals surface area contributed by atoms with Crippen LogP contribution in [0.25, 0.3) is 11.3 Å². The molecule has 0 bridgehead atoms. The van der Waals surface area contributed by atoms with Crippen LogP contribution < -0.4 is 10.9 Å². The number of unbranched alkanes of at least 4 members (excludes halogenated alkanes) is 1. The summed E-state index contributed by atoms with van der Waals surface area (Å²) >= 11 is 0. The summed E-state index contributed by atoms with van der Waals surface area (Å²) in [6.45, 7) is 0.785. The molecule has 1 aromatic carbocycles. The Balaban J connectivity index is 1.60. The number of rotatable bonds is 7. The van der Waals surface area contributed by atoms with Crippen molar-refractivity contribution in [2.75, 3.05) is 11.9 Å². The largest absolute Gasteiger partial charge is 0.356 e. The van der Waals surface area contributed by atoms with Gasteiger partial charge in [0.15, 0.2) is 0 Å². The zero-order valence-electron chi connectivity index (χ0n) is 14.4. The van der Waals surface area contributed by atoms with E-state index in [2.05, 4.69) is 39.6 Å². The Morgan fingerprint density at radius 1 is 1.04 bits per heavy atom. The standard InChI is InChI=1S/C20H22N4O/c1-24-19(25)15-18(17-10-13-21-14-11-17)23-20(24)22-12-6-5-9-16-7-3-2-4-8-16/h2-4,7-8,10-11,13-15H,5-6,9,12H2,1H3,(H,22,23). The van der Waals surface area contributed by atoms with E-state index in [1.807, 2.05) is 18.2 Å². The third-order valence-corrected chi connectivity index (χ3v) is 4.13. The third kappa shape index (κ3) is 4.53. The van der Waals surface area contributed by atoms with Crippen LogP contribution in [0.2, 0.25) is 0 Å². The minimum atomic E-state index is -0.0754. The number of aryl methyl sites for hydroxylation is 1. The van der Waals surface area contributed by atoms with Crippen LogP contribution in [0, 0.1) is 0 Å². The number of nitrogens with zero attached hydrogens (tertiary/aromatic N) is 3. The second-order valence-electron chi connectivity index (χ2n) is 5.97. The number of aromatic nitrogens is 3. The average molecular weight is 334 g/mol. The van der Waals surface area contributed by atoms with Gasteiger partial charge in [0, 0.05) is 37.6 Å². The van der Waals surface area contributed by atoms with Crippen molar-refractivity contribution < 1.29 is 0 Å². The van der Waals surface area contributed by atoms with Gasteiger partial charge < -0.3 is 5.32 Å². The number of anilines is 1. The quantitative estimate of drug-likeness (QED) is 0.674. The second-order valence-corrected chi connectivity index (χ2v) is 5.97. The molecule has 0 aliphatic rings. The predicted molar refractivity (Wildman–Crippen MR) is 101 cm³/mol. The summed E-state index contributed by atoms with van der Waals surface area (Å²) in [4.78, 5) is 20.8. The fourth-order valence-electron chi connectivity index (χ4n) is 2.67. The molecule has 0 atom stereocenters. The van der Waals surface area contributed by atoms with E-state index in [1.165, 1.54) is 5.56 Å². The number of pyridine rings is 1. The topological polar surface area (TPSA) is 59.8 Å². The van der Waals surface area contributed by atoms with Crippen molar-refractivity contribution in [3.05, 3.63) is 76.8 Å². The van der Waals surface area contributed by atoms with E-state index in [4.69, 9.17) is 0 Å². The van der Waals surface area contributed by atoms with E-state index in [0.717, 1.165) is 31.4 Å². The van der Waals surface area contributed by atoms with Crippen LogP contribution >= 0.6 is 0 Å². The Kier molecular flexibility index (Phi) is 5.57. The van der Waals surface area contributed by atoms with Gasteiger partial charge in [0.05, 0.1) is 5.69 Å². The third-order valence-electron chi connectivity index (χ3n) is 4.13. The highest BCUT2D eigenvalue weighted by molar-refractivity contribution is 5.59.